The second-order valence-electron chi connectivity index (χ2n) is 4.71. The fraction of sp³-hybridized carbons (Fsp3) is 0.333. The van der Waals surface area contributed by atoms with Gasteiger partial charge < -0.3 is 16.0 Å². The summed E-state index contributed by atoms with van der Waals surface area (Å²) in [5.41, 5.74) is 7.46. The van der Waals surface area contributed by atoms with E-state index in [4.69, 9.17) is 11.1 Å². The number of hydrogen-bond donors (Lipinski definition) is 2. The van der Waals surface area contributed by atoms with Crippen molar-refractivity contribution in [2.24, 2.45) is 5.73 Å². The predicted molar refractivity (Wildman–Crippen MR) is 78.0 cm³/mol. The largest absolute Gasteiger partial charge is 0.405 e. The van der Waals surface area contributed by atoms with Crippen molar-refractivity contribution in [3.05, 3.63) is 47.7 Å². The molecule has 0 heterocycles. The summed E-state index contributed by atoms with van der Waals surface area (Å²) >= 11 is 0. The maximum atomic E-state index is 11.6. The number of nitrogens with two attached hydrogens (primary N) is 1. The zero-order chi connectivity index (χ0) is 14.4. The molecule has 0 aliphatic heterocycles. The minimum Gasteiger partial charge on any atom is -0.405 e. The number of nitrogens with one attached hydrogen (secondary N) is 1. The molecular weight excluding hydrogens is 238 g/mol. The number of rotatable bonds is 5. The van der Waals surface area contributed by atoms with E-state index in [1.165, 1.54) is 6.20 Å². The molecule has 4 nitrogen and oxygen atoms in total. The molecule has 0 bridgehead atoms. The van der Waals surface area contributed by atoms with Crippen molar-refractivity contribution in [1.29, 1.82) is 5.41 Å². The Balaban J connectivity index is 2.93. The molecule has 0 spiro atoms. The molecule has 0 radical (unpaired) electrons. The summed E-state index contributed by atoms with van der Waals surface area (Å²) < 4.78 is 0. The molecule has 0 unspecified atom stereocenters. The monoisotopic (exact) mass is 259 g/mol. The molecule has 19 heavy (non-hydrogen) atoms. The number of benzene rings is 1. The van der Waals surface area contributed by atoms with Gasteiger partial charge in [0.05, 0.1) is 5.71 Å². The number of carbonyl (C=O) groups excluding carboxylic acids is 1. The van der Waals surface area contributed by atoms with Gasteiger partial charge in [0.2, 0.25) is 5.91 Å². The maximum Gasteiger partial charge on any atom is 0.219 e. The van der Waals surface area contributed by atoms with Crippen LogP contribution in [0.3, 0.4) is 0 Å². The van der Waals surface area contributed by atoms with Crippen LogP contribution in [0.2, 0.25) is 0 Å². The molecule has 3 N–H and O–H groups in total. The van der Waals surface area contributed by atoms with Crippen LogP contribution in [0.15, 0.2) is 36.5 Å². The van der Waals surface area contributed by atoms with E-state index in [-0.39, 0.29) is 11.9 Å². The van der Waals surface area contributed by atoms with Crippen LogP contribution >= 0.6 is 0 Å². The van der Waals surface area contributed by atoms with E-state index >= 15 is 0 Å². The number of carbonyl (C=O) groups is 1. The minimum absolute atomic E-state index is 0.0531. The summed E-state index contributed by atoms with van der Waals surface area (Å²) in [5, 5.41) is 7.83. The Hall–Kier alpha value is -2.10. The molecule has 102 valence electrons. The molecule has 0 saturated carbocycles. The van der Waals surface area contributed by atoms with E-state index in [0.29, 0.717) is 12.3 Å². The Morgan fingerprint density at radius 2 is 2.16 bits per heavy atom. The van der Waals surface area contributed by atoms with Crippen LogP contribution in [0.25, 0.3) is 0 Å². The Morgan fingerprint density at radius 3 is 2.68 bits per heavy atom. The lowest BCUT2D eigenvalue weighted by atomic mass is 10.1. The van der Waals surface area contributed by atoms with Crippen molar-refractivity contribution in [3.63, 3.8) is 0 Å². The van der Waals surface area contributed by atoms with Gasteiger partial charge in [0.1, 0.15) is 0 Å². The molecular formula is C15H21N3O. The fourth-order valence-corrected chi connectivity index (χ4v) is 1.88. The first kappa shape index (κ1) is 15.0. The van der Waals surface area contributed by atoms with Crippen LogP contribution in [0.5, 0.6) is 0 Å². The highest BCUT2D eigenvalue weighted by Crippen LogP contribution is 2.12. The third kappa shape index (κ3) is 4.25. The molecule has 1 amide bonds. The van der Waals surface area contributed by atoms with Crippen LogP contribution in [0, 0.1) is 5.41 Å². The van der Waals surface area contributed by atoms with Gasteiger partial charge in [-0.1, -0.05) is 18.2 Å². The third-order valence-electron chi connectivity index (χ3n) is 2.88. The molecule has 4 heteroatoms. The molecule has 1 aromatic carbocycles. The van der Waals surface area contributed by atoms with Gasteiger partial charge in [-0.05, 0) is 43.3 Å². The first-order chi connectivity index (χ1) is 8.95. The molecule has 0 saturated heterocycles. The van der Waals surface area contributed by atoms with Crippen molar-refractivity contribution in [2.75, 3.05) is 0 Å². The Kier molecular flexibility index (Phi) is 5.30. The van der Waals surface area contributed by atoms with Gasteiger partial charge in [-0.3, -0.25) is 4.79 Å². The molecule has 0 fully saturated rings. The average molecular weight is 259 g/mol. The first-order valence-corrected chi connectivity index (χ1v) is 6.29. The lowest BCUT2D eigenvalue weighted by Gasteiger charge is -2.25. The van der Waals surface area contributed by atoms with Crippen molar-refractivity contribution < 1.29 is 4.79 Å². The van der Waals surface area contributed by atoms with Gasteiger partial charge in [0.25, 0.3) is 0 Å². The summed E-state index contributed by atoms with van der Waals surface area (Å²) in [5.74, 6) is 0.0531. The van der Waals surface area contributed by atoms with Crippen molar-refractivity contribution in [3.8, 4) is 0 Å². The van der Waals surface area contributed by atoms with Gasteiger partial charge in [0.15, 0.2) is 0 Å². The molecule has 0 aliphatic rings. The lowest BCUT2D eigenvalue weighted by molar-refractivity contribution is -0.131. The molecule has 0 aliphatic carbocycles. The third-order valence-corrected chi connectivity index (χ3v) is 2.88. The number of amides is 1. The van der Waals surface area contributed by atoms with Crippen LogP contribution in [0.4, 0.5) is 0 Å². The Morgan fingerprint density at radius 1 is 1.47 bits per heavy atom. The summed E-state index contributed by atoms with van der Waals surface area (Å²) in [6.45, 7) is 6.11. The van der Waals surface area contributed by atoms with Crippen LogP contribution < -0.4 is 5.73 Å². The lowest BCUT2D eigenvalue weighted by Crippen LogP contribution is -2.34. The van der Waals surface area contributed by atoms with Crippen molar-refractivity contribution >= 4 is 11.6 Å². The summed E-state index contributed by atoms with van der Waals surface area (Å²) in [7, 11) is 0. The van der Waals surface area contributed by atoms with E-state index in [1.54, 1.807) is 17.9 Å². The highest BCUT2D eigenvalue weighted by Gasteiger charge is 2.13. The van der Waals surface area contributed by atoms with Crippen molar-refractivity contribution in [2.45, 2.75) is 33.4 Å². The zero-order valence-electron chi connectivity index (χ0n) is 11.7. The predicted octanol–water partition coefficient (Wildman–Crippen LogP) is 2.28. The summed E-state index contributed by atoms with van der Waals surface area (Å²) in [6, 6.07) is 7.79. The molecule has 0 atom stereocenters. The van der Waals surface area contributed by atoms with E-state index < -0.39 is 0 Å². The number of hydrogen-bond acceptors (Lipinski definition) is 3. The topological polar surface area (TPSA) is 70.2 Å². The molecule has 0 aromatic heterocycles. The zero-order valence-corrected chi connectivity index (χ0v) is 11.7. The summed E-state index contributed by atoms with van der Waals surface area (Å²) in [6.07, 6.45) is 2.90. The van der Waals surface area contributed by atoms with Gasteiger partial charge in [0, 0.05) is 19.5 Å². The standard InChI is InChI=1S/C15H21N3O/c1-11(2)18(12(3)19)10-13-5-4-6-14(9-13)15(17)7-8-16/h4-9,11,17H,10,16H2,1-3H3/b8-7-,17-15?. The highest BCUT2D eigenvalue weighted by molar-refractivity contribution is 6.06. The van der Waals surface area contributed by atoms with Gasteiger partial charge >= 0.3 is 0 Å². The smallest absolute Gasteiger partial charge is 0.219 e. The fourth-order valence-electron chi connectivity index (χ4n) is 1.88. The quantitative estimate of drug-likeness (QED) is 0.796. The van der Waals surface area contributed by atoms with E-state index in [2.05, 4.69) is 0 Å². The van der Waals surface area contributed by atoms with Gasteiger partial charge in [-0.15, -0.1) is 0 Å². The highest BCUT2D eigenvalue weighted by atomic mass is 16.2. The Bertz CT molecular complexity index is 492. The maximum absolute atomic E-state index is 11.6. The van der Waals surface area contributed by atoms with E-state index in [0.717, 1.165) is 11.1 Å². The number of nitrogens with zero attached hydrogens (tertiary/aromatic N) is 1. The van der Waals surface area contributed by atoms with Crippen LogP contribution in [0.1, 0.15) is 31.9 Å². The van der Waals surface area contributed by atoms with Crippen LogP contribution in [-0.2, 0) is 11.3 Å². The molecule has 1 rings (SSSR count). The van der Waals surface area contributed by atoms with Gasteiger partial charge in [-0.25, -0.2) is 0 Å². The average Bonchev–Trinajstić information content (AvgIpc) is 2.36. The molecule has 1 aromatic rings. The Labute approximate surface area is 114 Å². The van der Waals surface area contributed by atoms with E-state index in [1.807, 2.05) is 38.1 Å². The first-order valence-electron chi connectivity index (χ1n) is 6.29. The number of allylic oxidation sites excluding steroid dienone is 1. The van der Waals surface area contributed by atoms with E-state index in [9.17, 15) is 4.79 Å². The van der Waals surface area contributed by atoms with Crippen LogP contribution in [-0.4, -0.2) is 22.6 Å². The SMILES string of the molecule is CC(=O)N(Cc1cccc(C(=N)/C=C\N)c1)C(C)C. The van der Waals surface area contributed by atoms with Gasteiger partial charge in [-0.2, -0.15) is 0 Å². The minimum atomic E-state index is 0.0531. The summed E-state index contributed by atoms with van der Waals surface area (Å²) in [4.78, 5) is 13.4. The van der Waals surface area contributed by atoms with Crippen molar-refractivity contribution in [1.82, 2.24) is 4.90 Å². The normalized spacial score (nSPS) is 10.9. The second kappa shape index (κ2) is 6.73. The second-order valence-corrected chi connectivity index (χ2v) is 4.71.